The second-order valence-corrected chi connectivity index (χ2v) is 7.72. The molecule has 0 aliphatic carbocycles. The predicted molar refractivity (Wildman–Crippen MR) is 113 cm³/mol. The van der Waals surface area contributed by atoms with Crippen molar-refractivity contribution in [3.63, 3.8) is 0 Å². The first-order chi connectivity index (χ1) is 14.5. The van der Waals surface area contributed by atoms with Crippen LogP contribution in [0.5, 0.6) is 5.75 Å². The highest BCUT2D eigenvalue weighted by atomic mass is 16.3. The number of aryl methyl sites for hydroxylation is 1. The van der Waals surface area contributed by atoms with E-state index in [1.807, 2.05) is 30.9 Å². The van der Waals surface area contributed by atoms with Crippen molar-refractivity contribution in [3.8, 4) is 5.75 Å². The number of carbonyl (C=O) groups is 2. The molecule has 0 bridgehead atoms. The summed E-state index contributed by atoms with van der Waals surface area (Å²) in [7, 11) is 0. The van der Waals surface area contributed by atoms with Crippen LogP contribution in [0.2, 0.25) is 0 Å². The summed E-state index contributed by atoms with van der Waals surface area (Å²) < 4.78 is 1.44. The molecule has 30 heavy (non-hydrogen) atoms. The first-order valence-corrected chi connectivity index (χ1v) is 10.8. The smallest absolute Gasteiger partial charge is 0.276 e. The van der Waals surface area contributed by atoms with Crippen LogP contribution in [0, 0.1) is 0 Å². The van der Waals surface area contributed by atoms with Gasteiger partial charge in [0.1, 0.15) is 12.3 Å². The number of nitrogens with zero attached hydrogens (tertiary/aromatic N) is 5. The van der Waals surface area contributed by atoms with Crippen LogP contribution in [0.15, 0.2) is 30.5 Å². The van der Waals surface area contributed by atoms with Gasteiger partial charge in [-0.15, -0.1) is 5.10 Å². The van der Waals surface area contributed by atoms with E-state index in [4.69, 9.17) is 0 Å². The van der Waals surface area contributed by atoms with E-state index in [1.165, 1.54) is 4.68 Å². The molecule has 3 rings (SSSR count). The Bertz CT molecular complexity index is 862. The molecule has 1 atom stereocenters. The van der Waals surface area contributed by atoms with Crippen molar-refractivity contribution in [1.82, 2.24) is 24.8 Å². The summed E-state index contributed by atoms with van der Waals surface area (Å²) in [6.45, 7) is 5.95. The van der Waals surface area contributed by atoms with Gasteiger partial charge in [0.15, 0.2) is 5.69 Å². The van der Waals surface area contributed by atoms with Gasteiger partial charge in [0, 0.05) is 25.7 Å². The van der Waals surface area contributed by atoms with Crippen molar-refractivity contribution in [2.24, 2.45) is 0 Å². The van der Waals surface area contributed by atoms with Crippen LogP contribution in [0.1, 0.15) is 55.6 Å². The standard InChI is InChI=1S/C22H31N5O3/c1-3-25(4-2)21(29)16-26-15-20(23-24-26)22(30)27-13-6-5-9-18(27)12-11-17-8-7-10-19(28)14-17/h7-8,10,14-15,18,28H,3-6,9,11-13,16H2,1-2H3/t18-/m0/s1. The number of benzene rings is 1. The van der Waals surface area contributed by atoms with Gasteiger partial charge >= 0.3 is 0 Å². The van der Waals surface area contributed by atoms with E-state index >= 15 is 0 Å². The number of aromatic nitrogens is 3. The Labute approximate surface area is 177 Å². The molecule has 1 fully saturated rings. The number of likely N-dealkylation sites (tertiary alicyclic amines) is 1. The highest BCUT2D eigenvalue weighted by Gasteiger charge is 2.29. The molecule has 1 aromatic carbocycles. The Hall–Kier alpha value is -2.90. The van der Waals surface area contributed by atoms with Gasteiger partial charge in [-0.2, -0.15) is 0 Å². The van der Waals surface area contributed by atoms with Gasteiger partial charge < -0.3 is 14.9 Å². The molecule has 0 radical (unpaired) electrons. The van der Waals surface area contributed by atoms with E-state index in [9.17, 15) is 14.7 Å². The number of hydrogen-bond acceptors (Lipinski definition) is 5. The molecule has 0 spiro atoms. The van der Waals surface area contributed by atoms with Crippen molar-refractivity contribution >= 4 is 11.8 Å². The lowest BCUT2D eigenvalue weighted by Crippen LogP contribution is -2.44. The molecule has 1 aromatic heterocycles. The lowest BCUT2D eigenvalue weighted by molar-refractivity contribution is -0.131. The molecule has 8 heteroatoms. The highest BCUT2D eigenvalue weighted by molar-refractivity contribution is 5.92. The summed E-state index contributed by atoms with van der Waals surface area (Å²) >= 11 is 0. The number of rotatable bonds is 8. The summed E-state index contributed by atoms with van der Waals surface area (Å²) in [6, 6.07) is 7.40. The third-order valence-corrected chi connectivity index (χ3v) is 5.74. The maximum atomic E-state index is 13.1. The summed E-state index contributed by atoms with van der Waals surface area (Å²) in [5.41, 5.74) is 1.35. The van der Waals surface area contributed by atoms with Crippen molar-refractivity contribution < 1.29 is 14.7 Å². The molecule has 2 amide bonds. The van der Waals surface area contributed by atoms with Crippen LogP contribution < -0.4 is 0 Å². The highest BCUT2D eigenvalue weighted by Crippen LogP contribution is 2.24. The number of amides is 2. The van der Waals surface area contributed by atoms with E-state index in [1.54, 1.807) is 23.2 Å². The second-order valence-electron chi connectivity index (χ2n) is 7.72. The SMILES string of the molecule is CCN(CC)C(=O)Cn1cc(C(=O)N2CCCC[C@H]2CCc2cccc(O)c2)nn1. The minimum Gasteiger partial charge on any atom is -0.508 e. The fraction of sp³-hybridized carbons (Fsp3) is 0.545. The molecular weight excluding hydrogens is 382 g/mol. The lowest BCUT2D eigenvalue weighted by Gasteiger charge is -2.35. The van der Waals surface area contributed by atoms with Gasteiger partial charge in [-0.25, -0.2) is 4.68 Å². The number of aromatic hydroxyl groups is 1. The second kappa shape index (κ2) is 10.2. The van der Waals surface area contributed by atoms with Crippen LogP contribution in [-0.2, 0) is 17.8 Å². The topological polar surface area (TPSA) is 91.6 Å². The molecule has 1 aliphatic heterocycles. The monoisotopic (exact) mass is 413 g/mol. The van der Waals surface area contributed by atoms with Gasteiger partial charge in [0.05, 0.1) is 6.20 Å². The van der Waals surface area contributed by atoms with Crippen molar-refractivity contribution in [2.45, 2.75) is 58.5 Å². The van der Waals surface area contributed by atoms with Gasteiger partial charge in [-0.3, -0.25) is 9.59 Å². The van der Waals surface area contributed by atoms with E-state index in [-0.39, 0.29) is 35.8 Å². The molecule has 2 heterocycles. The predicted octanol–water partition coefficient (Wildman–Crippen LogP) is 2.48. The van der Waals surface area contributed by atoms with Crippen LogP contribution >= 0.6 is 0 Å². The summed E-state index contributed by atoms with van der Waals surface area (Å²) in [6.07, 6.45) is 6.24. The first-order valence-electron chi connectivity index (χ1n) is 10.8. The first kappa shape index (κ1) is 21.8. The van der Waals surface area contributed by atoms with Crippen LogP contribution in [0.25, 0.3) is 0 Å². The van der Waals surface area contributed by atoms with E-state index in [0.29, 0.717) is 19.6 Å². The molecule has 2 aromatic rings. The van der Waals surface area contributed by atoms with E-state index in [0.717, 1.165) is 37.7 Å². The Morgan fingerprint density at radius 3 is 2.77 bits per heavy atom. The van der Waals surface area contributed by atoms with Gasteiger partial charge in [-0.05, 0) is 63.6 Å². The van der Waals surface area contributed by atoms with Crippen molar-refractivity contribution in [2.75, 3.05) is 19.6 Å². The Morgan fingerprint density at radius 2 is 2.03 bits per heavy atom. The van der Waals surface area contributed by atoms with Gasteiger partial charge in [-0.1, -0.05) is 17.3 Å². The van der Waals surface area contributed by atoms with Gasteiger partial charge in [0.25, 0.3) is 5.91 Å². The number of hydrogen-bond donors (Lipinski definition) is 1. The Kier molecular flexibility index (Phi) is 7.43. The summed E-state index contributed by atoms with van der Waals surface area (Å²) in [5.74, 6) is 0.1000. The zero-order valence-electron chi connectivity index (χ0n) is 17.8. The molecule has 1 N–H and O–H groups in total. The minimum atomic E-state index is -0.128. The molecular formula is C22H31N5O3. The van der Waals surface area contributed by atoms with Crippen molar-refractivity contribution in [3.05, 3.63) is 41.7 Å². The van der Waals surface area contributed by atoms with Gasteiger partial charge in [0.2, 0.25) is 5.91 Å². The largest absolute Gasteiger partial charge is 0.508 e. The number of phenolic OH excluding ortho intramolecular Hbond substituents is 1. The minimum absolute atomic E-state index is 0.0362. The zero-order valence-corrected chi connectivity index (χ0v) is 17.8. The number of carbonyl (C=O) groups excluding carboxylic acids is 2. The molecule has 1 aliphatic rings. The van der Waals surface area contributed by atoms with Crippen LogP contribution in [-0.4, -0.2) is 67.4 Å². The normalized spacial score (nSPS) is 16.5. The molecule has 1 saturated heterocycles. The average molecular weight is 414 g/mol. The maximum Gasteiger partial charge on any atom is 0.276 e. The lowest BCUT2D eigenvalue weighted by atomic mass is 9.95. The molecule has 0 saturated carbocycles. The van der Waals surface area contributed by atoms with Crippen LogP contribution in [0.4, 0.5) is 0 Å². The zero-order chi connectivity index (χ0) is 21.5. The van der Waals surface area contributed by atoms with E-state index < -0.39 is 0 Å². The quantitative estimate of drug-likeness (QED) is 0.718. The fourth-order valence-electron chi connectivity index (χ4n) is 4.05. The number of phenols is 1. The molecule has 0 unspecified atom stereocenters. The third kappa shape index (κ3) is 5.37. The molecule has 162 valence electrons. The van der Waals surface area contributed by atoms with E-state index in [2.05, 4.69) is 10.3 Å². The fourth-order valence-corrected chi connectivity index (χ4v) is 4.05. The maximum absolute atomic E-state index is 13.1. The van der Waals surface area contributed by atoms with Crippen molar-refractivity contribution in [1.29, 1.82) is 0 Å². The Balaban J connectivity index is 1.63. The van der Waals surface area contributed by atoms with Crippen LogP contribution in [0.3, 0.4) is 0 Å². The number of piperidine rings is 1. The third-order valence-electron chi connectivity index (χ3n) is 5.74. The Morgan fingerprint density at radius 1 is 1.23 bits per heavy atom. The number of likely N-dealkylation sites (N-methyl/N-ethyl adjacent to an activating group) is 1. The summed E-state index contributed by atoms with van der Waals surface area (Å²) in [4.78, 5) is 29.0. The molecule has 8 nitrogen and oxygen atoms in total. The average Bonchev–Trinajstić information content (AvgIpc) is 3.21. The summed E-state index contributed by atoms with van der Waals surface area (Å²) in [5, 5.41) is 17.7.